The number of likely N-dealkylation sites (tertiary alicyclic amines) is 1. The van der Waals surface area contributed by atoms with E-state index in [9.17, 15) is 0 Å². The molecule has 2 aromatic rings. The third-order valence-electron chi connectivity index (χ3n) is 6.72. The van der Waals surface area contributed by atoms with Crippen LogP contribution < -0.4 is 10.1 Å². The third kappa shape index (κ3) is 4.45. The second-order valence-corrected chi connectivity index (χ2v) is 8.52. The van der Waals surface area contributed by atoms with Gasteiger partial charge in [-0.1, -0.05) is 25.0 Å². The van der Waals surface area contributed by atoms with Crippen molar-refractivity contribution in [2.24, 2.45) is 4.99 Å². The number of H-pyrrole nitrogens is 1. The Morgan fingerprint density at radius 1 is 1.30 bits per heavy atom. The average molecular weight is 411 g/mol. The summed E-state index contributed by atoms with van der Waals surface area (Å²) in [5.74, 6) is 3.45. The smallest absolute Gasteiger partial charge is 0.193 e. The monoisotopic (exact) mass is 410 g/mol. The number of ether oxygens (including phenoxy) is 1. The zero-order chi connectivity index (χ0) is 20.8. The molecular formula is C23H34N6O. The predicted molar refractivity (Wildman–Crippen MR) is 119 cm³/mol. The Labute approximate surface area is 179 Å². The van der Waals surface area contributed by atoms with Gasteiger partial charge in [0.05, 0.1) is 13.7 Å². The van der Waals surface area contributed by atoms with Crippen molar-refractivity contribution in [2.45, 2.75) is 56.8 Å². The fraction of sp³-hybridized carbons (Fsp3) is 0.609. The first-order chi connectivity index (χ1) is 14.7. The van der Waals surface area contributed by atoms with Gasteiger partial charge < -0.3 is 15.0 Å². The van der Waals surface area contributed by atoms with E-state index >= 15 is 0 Å². The number of aromatic amines is 1. The number of methoxy groups -OCH3 is 1. The molecule has 2 heterocycles. The van der Waals surface area contributed by atoms with E-state index in [4.69, 9.17) is 9.73 Å². The molecule has 1 saturated heterocycles. The average Bonchev–Trinajstić information content (AvgIpc) is 3.50. The van der Waals surface area contributed by atoms with Crippen molar-refractivity contribution < 1.29 is 4.74 Å². The van der Waals surface area contributed by atoms with Crippen LogP contribution in [0.2, 0.25) is 0 Å². The molecule has 1 saturated carbocycles. The minimum Gasteiger partial charge on any atom is -0.497 e. The standard InChI is InChI=1S/C23H34N6O/c1-3-24-22(29-13-9-18(10-14-29)21-26-17-27-28-21)25-16-23(11-4-5-12-23)19-7-6-8-20(15-19)30-2/h6-8,15,17-18H,3-5,9-14,16H2,1-2H3,(H,24,25)(H,26,27,28). The number of benzene rings is 1. The van der Waals surface area contributed by atoms with Crippen LogP contribution in [0.25, 0.3) is 0 Å². The zero-order valence-electron chi connectivity index (χ0n) is 18.2. The number of nitrogens with zero attached hydrogens (tertiary/aromatic N) is 4. The van der Waals surface area contributed by atoms with Crippen molar-refractivity contribution in [1.82, 2.24) is 25.4 Å². The maximum Gasteiger partial charge on any atom is 0.193 e. The molecule has 1 aliphatic carbocycles. The summed E-state index contributed by atoms with van der Waals surface area (Å²) in [6.45, 7) is 5.83. The van der Waals surface area contributed by atoms with Crippen molar-refractivity contribution in [3.05, 3.63) is 42.0 Å². The van der Waals surface area contributed by atoms with Crippen LogP contribution in [0, 0.1) is 0 Å². The molecule has 162 valence electrons. The number of piperidine rings is 1. The Hall–Kier alpha value is -2.57. The van der Waals surface area contributed by atoms with E-state index in [-0.39, 0.29) is 5.41 Å². The summed E-state index contributed by atoms with van der Waals surface area (Å²) >= 11 is 0. The van der Waals surface area contributed by atoms with Gasteiger partial charge in [0.15, 0.2) is 5.96 Å². The van der Waals surface area contributed by atoms with E-state index in [0.717, 1.165) is 56.6 Å². The highest BCUT2D eigenvalue weighted by molar-refractivity contribution is 5.80. The minimum absolute atomic E-state index is 0.118. The van der Waals surface area contributed by atoms with Crippen LogP contribution >= 0.6 is 0 Å². The first-order valence-electron chi connectivity index (χ1n) is 11.3. The lowest BCUT2D eigenvalue weighted by atomic mass is 9.79. The minimum atomic E-state index is 0.118. The number of aliphatic imine (C=N–C) groups is 1. The fourth-order valence-electron chi connectivity index (χ4n) is 4.97. The fourth-order valence-corrected chi connectivity index (χ4v) is 4.97. The lowest BCUT2D eigenvalue weighted by molar-refractivity contribution is 0.297. The summed E-state index contributed by atoms with van der Waals surface area (Å²) in [6, 6.07) is 8.59. The van der Waals surface area contributed by atoms with Gasteiger partial charge in [-0.2, -0.15) is 5.10 Å². The van der Waals surface area contributed by atoms with Gasteiger partial charge in [0.1, 0.15) is 17.9 Å². The predicted octanol–water partition coefficient (Wildman–Crippen LogP) is 3.47. The lowest BCUT2D eigenvalue weighted by Gasteiger charge is -2.35. The van der Waals surface area contributed by atoms with Gasteiger partial charge in [0, 0.05) is 31.0 Å². The van der Waals surface area contributed by atoms with E-state index in [1.807, 2.05) is 6.07 Å². The second kappa shape index (κ2) is 9.49. The Balaban J connectivity index is 1.48. The molecular weight excluding hydrogens is 376 g/mol. The normalized spacial score (nSPS) is 19.8. The largest absolute Gasteiger partial charge is 0.497 e. The zero-order valence-corrected chi connectivity index (χ0v) is 18.2. The molecule has 4 rings (SSSR count). The van der Waals surface area contributed by atoms with Crippen LogP contribution in [-0.2, 0) is 5.41 Å². The molecule has 2 fully saturated rings. The highest BCUT2D eigenvalue weighted by atomic mass is 16.5. The van der Waals surface area contributed by atoms with Crippen molar-refractivity contribution in [3.8, 4) is 5.75 Å². The molecule has 30 heavy (non-hydrogen) atoms. The van der Waals surface area contributed by atoms with E-state index in [0.29, 0.717) is 5.92 Å². The SMILES string of the molecule is CCNC(=NCC1(c2cccc(OC)c2)CCCC1)N1CCC(c2ncn[nH]2)CC1. The first kappa shape index (κ1) is 20.7. The topological polar surface area (TPSA) is 78.4 Å². The van der Waals surface area contributed by atoms with Crippen LogP contribution in [0.3, 0.4) is 0 Å². The van der Waals surface area contributed by atoms with Crippen LogP contribution in [0.15, 0.2) is 35.6 Å². The lowest BCUT2D eigenvalue weighted by Crippen LogP contribution is -2.46. The van der Waals surface area contributed by atoms with Gasteiger partial charge in [-0.3, -0.25) is 10.1 Å². The van der Waals surface area contributed by atoms with Crippen LogP contribution in [0.1, 0.15) is 62.8 Å². The van der Waals surface area contributed by atoms with Gasteiger partial charge in [0.25, 0.3) is 0 Å². The molecule has 7 heteroatoms. The number of guanidine groups is 1. The van der Waals surface area contributed by atoms with Crippen molar-refractivity contribution >= 4 is 5.96 Å². The summed E-state index contributed by atoms with van der Waals surface area (Å²) in [4.78, 5) is 11.9. The molecule has 1 aromatic carbocycles. The van der Waals surface area contributed by atoms with Crippen LogP contribution in [0.5, 0.6) is 5.75 Å². The van der Waals surface area contributed by atoms with E-state index < -0.39 is 0 Å². The highest BCUT2D eigenvalue weighted by Gasteiger charge is 2.36. The maximum atomic E-state index is 5.49. The summed E-state index contributed by atoms with van der Waals surface area (Å²) in [5.41, 5.74) is 1.48. The van der Waals surface area contributed by atoms with Gasteiger partial charge >= 0.3 is 0 Å². The Kier molecular flexibility index (Phi) is 6.55. The number of nitrogens with one attached hydrogen (secondary N) is 2. The summed E-state index contributed by atoms with van der Waals surface area (Å²) in [5, 5.41) is 10.6. The van der Waals surface area contributed by atoms with Crippen molar-refractivity contribution in [2.75, 3.05) is 33.3 Å². The number of rotatable bonds is 6. The quantitative estimate of drug-likeness (QED) is 0.563. The molecule has 7 nitrogen and oxygen atoms in total. The molecule has 1 aliphatic heterocycles. The van der Waals surface area contributed by atoms with Gasteiger partial charge in [-0.05, 0) is 50.3 Å². The van der Waals surface area contributed by atoms with Gasteiger partial charge in [-0.15, -0.1) is 0 Å². The maximum absolute atomic E-state index is 5.49. The van der Waals surface area contributed by atoms with Crippen molar-refractivity contribution in [3.63, 3.8) is 0 Å². The van der Waals surface area contributed by atoms with E-state index in [1.165, 1.54) is 31.2 Å². The third-order valence-corrected chi connectivity index (χ3v) is 6.72. The highest BCUT2D eigenvalue weighted by Crippen LogP contribution is 2.42. The van der Waals surface area contributed by atoms with Gasteiger partial charge in [-0.25, -0.2) is 4.98 Å². The Morgan fingerprint density at radius 3 is 2.77 bits per heavy atom. The molecule has 2 N–H and O–H groups in total. The Bertz CT molecular complexity index is 820. The second-order valence-electron chi connectivity index (χ2n) is 8.52. The number of hydrogen-bond acceptors (Lipinski definition) is 4. The van der Waals surface area contributed by atoms with Crippen LogP contribution in [0.4, 0.5) is 0 Å². The van der Waals surface area contributed by atoms with Crippen LogP contribution in [-0.4, -0.2) is 59.3 Å². The van der Waals surface area contributed by atoms with Crippen molar-refractivity contribution in [1.29, 1.82) is 0 Å². The summed E-state index contributed by atoms with van der Waals surface area (Å²) < 4.78 is 5.49. The number of aromatic nitrogens is 3. The molecule has 0 spiro atoms. The first-order valence-corrected chi connectivity index (χ1v) is 11.3. The van der Waals surface area contributed by atoms with E-state index in [1.54, 1.807) is 13.4 Å². The molecule has 1 aromatic heterocycles. The molecule has 0 radical (unpaired) electrons. The number of hydrogen-bond donors (Lipinski definition) is 2. The molecule has 0 unspecified atom stereocenters. The molecule has 2 aliphatic rings. The molecule has 0 atom stereocenters. The Morgan fingerprint density at radius 2 is 2.10 bits per heavy atom. The van der Waals surface area contributed by atoms with E-state index in [2.05, 4.69) is 50.5 Å². The summed E-state index contributed by atoms with van der Waals surface area (Å²) in [7, 11) is 1.74. The molecule has 0 amide bonds. The van der Waals surface area contributed by atoms with Gasteiger partial charge in [0.2, 0.25) is 0 Å². The summed E-state index contributed by atoms with van der Waals surface area (Å²) in [6.07, 6.45) is 8.67. The molecule has 0 bridgehead atoms.